The van der Waals surface area contributed by atoms with E-state index in [0.29, 0.717) is 11.3 Å². The van der Waals surface area contributed by atoms with Crippen molar-refractivity contribution in [2.45, 2.75) is 31.5 Å². The highest BCUT2D eigenvalue weighted by Gasteiger charge is 2.34. The van der Waals surface area contributed by atoms with Gasteiger partial charge in [-0.1, -0.05) is 18.2 Å². The molecule has 1 aliphatic rings. The van der Waals surface area contributed by atoms with Crippen LogP contribution in [0.5, 0.6) is 5.75 Å². The van der Waals surface area contributed by atoms with Crippen LogP contribution in [0.1, 0.15) is 24.8 Å². The van der Waals surface area contributed by atoms with Crippen LogP contribution in [-0.4, -0.2) is 57.8 Å². The van der Waals surface area contributed by atoms with Crippen LogP contribution >= 0.6 is 11.8 Å². The second kappa shape index (κ2) is 11.2. The molecule has 2 heterocycles. The molecule has 35 heavy (non-hydrogen) atoms. The number of rotatable bonds is 9. The molecular formula is C24H29F3N6OS. The molecule has 3 aromatic rings. The number of benzene rings is 2. The third-order valence-electron chi connectivity index (χ3n) is 5.91. The molecule has 4 N–H and O–H groups in total. The van der Waals surface area contributed by atoms with E-state index in [0.717, 1.165) is 38.5 Å². The summed E-state index contributed by atoms with van der Waals surface area (Å²) in [6, 6.07) is 10.8. The molecule has 188 valence electrons. The van der Waals surface area contributed by atoms with Crippen LogP contribution in [0, 0.1) is 0 Å². The maximum Gasteiger partial charge on any atom is 0.417 e. The molecule has 0 amide bonds. The lowest BCUT2D eigenvalue weighted by Gasteiger charge is -2.32. The van der Waals surface area contributed by atoms with Gasteiger partial charge in [0.05, 0.1) is 5.56 Å². The number of anilines is 3. The van der Waals surface area contributed by atoms with Crippen molar-refractivity contribution in [1.82, 2.24) is 20.1 Å². The summed E-state index contributed by atoms with van der Waals surface area (Å²) in [7, 11) is 0. The topological polar surface area (TPSA) is 92.1 Å². The molecule has 0 spiro atoms. The maximum atomic E-state index is 13.9. The molecule has 1 aromatic heterocycles. The van der Waals surface area contributed by atoms with E-state index in [4.69, 9.17) is 10.5 Å². The Morgan fingerprint density at radius 1 is 1.17 bits per heavy atom. The van der Waals surface area contributed by atoms with Gasteiger partial charge in [0, 0.05) is 18.8 Å². The standard InChI is InChI=1S/C24H29F3N6OS/c1-35-14-2-11-33-12-9-19(10-13-33)34-18-6-3-16(4-7-18)20-8-5-17(15-21(20)24(25,26)27)29-23-30-22(28)31-32-23/h3-8,15,19H,2,9-14H2,1H3,(H4,28,29,30,31,32). The van der Waals surface area contributed by atoms with Gasteiger partial charge >= 0.3 is 6.18 Å². The molecule has 1 saturated heterocycles. The van der Waals surface area contributed by atoms with E-state index in [1.807, 2.05) is 11.8 Å². The average molecular weight is 507 g/mol. The van der Waals surface area contributed by atoms with Gasteiger partial charge in [0.25, 0.3) is 0 Å². The Bertz CT molecular complexity index is 1100. The smallest absolute Gasteiger partial charge is 0.417 e. The summed E-state index contributed by atoms with van der Waals surface area (Å²) in [6.07, 6.45) is 0.801. The highest BCUT2D eigenvalue weighted by atomic mass is 32.2. The van der Waals surface area contributed by atoms with Gasteiger partial charge in [0.15, 0.2) is 0 Å². The molecule has 7 nitrogen and oxygen atoms in total. The zero-order valence-electron chi connectivity index (χ0n) is 19.4. The van der Waals surface area contributed by atoms with E-state index in [9.17, 15) is 13.2 Å². The number of nitrogens with two attached hydrogens (primary N) is 1. The highest BCUT2D eigenvalue weighted by molar-refractivity contribution is 7.98. The Balaban J connectivity index is 1.42. The van der Waals surface area contributed by atoms with E-state index in [1.54, 1.807) is 30.3 Å². The molecule has 4 rings (SSSR count). The summed E-state index contributed by atoms with van der Waals surface area (Å²) < 4.78 is 47.7. The Hall–Kier alpha value is -2.92. The minimum Gasteiger partial charge on any atom is -0.490 e. The van der Waals surface area contributed by atoms with E-state index in [-0.39, 0.29) is 29.3 Å². The monoisotopic (exact) mass is 506 g/mol. The maximum absolute atomic E-state index is 13.9. The summed E-state index contributed by atoms with van der Waals surface area (Å²) in [5.74, 6) is 2.01. The lowest BCUT2D eigenvalue weighted by atomic mass is 9.98. The van der Waals surface area contributed by atoms with Crippen molar-refractivity contribution in [2.24, 2.45) is 0 Å². The summed E-state index contributed by atoms with van der Waals surface area (Å²) >= 11 is 1.87. The zero-order valence-corrected chi connectivity index (χ0v) is 20.3. The number of alkyl halides is 3. The van der Waals surface area contributed by atoms with Crippen molar-refractivity contribution in [3.63, 3.8) is 0 Å². The summed E-state index contributed by atoms with van der Waals surface area (Å²) in [6.45, 7) is 3.13. The predicted octanol–water partition coefficient (Wildman–Crippen LogP) is 5.41. The van der Waals surface area contributed by atoms with Gasteiger partial charge in [-0.3, -0.25) is 0 Å². The Labute approximate surface area is 206 Å². The number of aromatic amines is 1. The fourth-order valence-corrected chi connectivity index (χ4v) is 4.57. The van der Waals surface area contributed by atoms with Crippen molar-refractivity contribution in [3.05, 3.63) is 48.0 Å². The first kappa shape index (κ1) is 25.2. The number of hydrogen-bond acceptors (Lipinski definition) is 7. The second-order valence-electron chi connectivity index (χ2n) is 8.46. The molecule has 1 fully saturated rings. The van der Waals surface area contributed by atoms with Gasteiger partial charge in [-0.25, -0.2) is 5.10 Å². The van der Waals surface area contributed by atoms with Crippen LogP contribution in [0.15, 0.2) is 42.5 Å². The molecule has 0 unspecified atom stereocenters. The molecule has 1 aliphatic heterocycles. The van der Waals surface area contributed by atoms with Crippen LogP contribution in [0.4, 0.5) is 30.8 Å². The number of nitrogen functional groups attached to an aromatic ring is 1. The third-order valence-corrected chi connectivity index (χ3v) is 6.61. The molecule has 0 aliphatic carbocycles. The number of H-pyrrole nitrogens is 1. The lowest BCUT2D eigenvalue weighted by Crippen LogP contribution is -2.38. The fraction of sp³-hybridized carbons (Fsp3) is 0.417. The Morgan fingerprint density at radius 2 is 1.91 bits per heavy atom. The summed E-state index contributed by atoms with van der Waals surface area (Å²) in [5, 5.41) is 8.96. The Kier molecular flexibility index (Phi) is 8.07. The number of halogens is 3. The van der Waals surface area contributed by atoms with Gasteiger partial charge in [-0.05, 0) is 73.2 Å². The number of thioether (sulfide) groups is 1. The minimum absolute atomic E-state index is 0.0687. The Morgan fingerprint density at radius 3 is 2.54 bits per heavy atom. The first-order valence-corrected chi connectivity index (χ1v) is 12.9. The van der Waals surface area contributed by atoms with Gasteiger partial charge in [0.1, 0.15) is 11.9 Å². The summed E-state index contributed by atoms with van der Waals surface area (Å²) in [5.41, 5.74) is 5.47. The number of ether oxygens (including phenoxy) is 1. The molecule has 0 bridgehead atoms. The molecule has 2 aromatic carbocycles. The van der Waals surface area contributed by atoms with Crippen LogP contribution in [0.3, 0.4) is 0 Å². The minimum atomic E-state index is -4.54. The lowest BCUT2D eigenvalue weighted by molar-refractivity contribution is -0.137. The molecule has 0 radical (unpaired) electrons. The SMILES string of the molecule is CSCCCN1CCC(Oc2ccc(-c3ccc(Nc4n[nH]c(N)n4)cc3C(F)(F)F)cc2)CC1. The van der Waals surface area contributed by atoms with Crippen molar-refractivity contribution >= 4 is 29.3 Å². The first-order chi connectivity index (χ1) is 16.8. The van der Waals surface area contributed by atoms with Gasteiger partial charge in [-0.15, -0.1) is 5.10 Å². The van der Waals surface area contributed by atoms with E-state index in [2.05, 4.69) is 31.7 Å². The summed E-state index contributed by atoms with van der Waals surface area (Å²) in [4.78, 5) is 6.32. The van der Waals surface area contributed by atoms with Gasteiger partial charge in [0.2, 0.25) is 11.9 Å². The van der Waals surface area contributed by atoms with Crippen LogP contribution < -0.4 is 15.8 Å². The van der Waals surface area contributed by atoms with Crippen molar-refractivity contribution < 1.29 is 17.9 Å². The quantitative estimate of drug-likeness (QED) is 0.334. The highest BCUT2D eigenvalue weighted by Crippen LogP contribution is 2.39. The number of hydrogen-bond donors (Lipinski definition) is 3. The third kappa shape index (κ3) is 6.82. The average Bonchev–Trinajstić information content (AvgIpc) is 3.25. The number of nitrogens with zero attached hydrogens (tertiary/aromatic N) is 3. The van der Waals surface area contributed by atoms with Crippen molar-refractivity contribution in [3.8, 4) is 16.9 Å². The van der Waals surface area contributed by atoms with Crippen LogP contribution in [0.25, 0.3) is 11.1 Å². The molecule has 11 heteroatoms. The molecule has 0 atom stereocenters. The number of aromatic nitrogens is 3. The largest absolute Gasteiger partial charge is 0.490 e. The second-order valence-corrected chi connectivity index (χ2v) is 9.44. The predicted molar refractivity (Wildman–Crippen MR) is 134 cm³/mol. The van der Waals surface area contributed by atoms with Crippen LogP contribution in [0.2, 0.25) is 0 Å². The fourth-order valence-electron chi connectivity index (χ4n) is 4.16. The number of likely N-dealkylation sites (tertiary alicyclic amines) is 1. The van der Waals surface area contributed by atoms with Gasteiger partial charge < -0.3 is 20.7 Å². The number of piperidine rings is 1. The molecular weight excluding hydrogens is 477 g/mol. The van der Waals surface area contributed by atoms with E-state index in [1.165, 1.54) is 18.2 Å². The molecule has 0 saturated carbocycles. The van der Waals surface area contributed by atoms with E-state index < -0.39 is 11.7 Å². The van der Waals surface area contributed by atoms with Crippen molar-refractivity contribution in [1.29, 1.82) is 0 Å². The first-order valence-electron chi connectivity index (χ1n) is 11.5. The van der Waals surface area contributed by atoms with Crippen molar-refractivity contribution in [2.75, 3.05) is 42.7 Å². The van der Waals surface area contributed by atoms with Crippen LogP contribution in [-0.2, 0) is 6.18 Å². The normalized spacial score (nSPS) is 15.3. The van der Waals surface area contributed by atoms with E-state index >= 15 is 0 Å². The number of nitrogens with one attached hydrogen (secondary N) is 2. The van der Waals surface area contributed by atoms with Gasteiger partial charge in [-0.2, -0.15) is 29.9 Å². The zero-order chi connectivity index (χ0) is 24.8.